The maximum atomic E-state index is 12.8. The monoisotopic (exact) mass is 287 g/mol. The second-order valence-corrected chi connectivity index (χ2v) is 4.02. The van der Waals surface area contributed by atoms with Crippen LogP contribution in [0.3, 0.4) is 0 Å². The number of pyridine rings is 1. The number of halogens is 1. The van der Waals surface area contributed by atoms with E-state index < -0.39 is 16.8 Å². The van der Waals surface area contributed by atoms with Crippen LogP contribution in [0.5, 0.6) is 0 Å². The SMILES string of the molecule is O=C(/C=C/c1ccc([N+](=O)[O-])cc1)Nc1cccc(F)n1. The third kappa shape index (κ3) is 4.20. The molecule has 0 atom stereocenters. The summed E-state index contributed by atoms with van der Waals surface area (Å²) in [5, 5.41) is 12.9. The number of nitrogens with zero attached hydrogens (tertiary/aromatic N) is 2. The van der Waals surface area contributed by atoms with Crippen molar-refractivity contribution in [3.63, 3.8) is 0 Å². The number of hydrogen-bond donors (Lipinski definition) is 1. The fourth-order valence-electron chi connectivity index (χ4n) is 1.52. The van der Waals surface area contributed by atoms with Crippen molar-refractivity contribution >= 4 is 23.5 Å². The van der Waals surface area contributed by atoms with Crippen molar-refractivity contribution in [2.75, 3.05) is 5.32 Å². The minimum Gasteiger partial charge on any atom is -0.307 e. The Hall–Kier alpha value is -3.09. The van der Waals surface area contributed by atoms with Gasteiger partial charge in [-0.15, -0.1) is 0 Å². The lowest BCUT2D eigenvalue weighted by molar-refractivity contribution is -0.384. The van der Waals surface area contributed by atoms with Gasteiger partial charge in [0.05, 0.1) is 4.92 Å². The molecule has 2 rings (SSSR count). The van der Waals surface area contributed by atoms with Crippen molar-refractivity contribution in [2.45, 2.75) is 0 Å². The van der Waals surface area contributed by atoms with Crippen molar-refractivity contribution in [2.24, 2.45) is 0 Å². The summed E-state index contributed by atoms with van der Waals surface area (Å²) in [6.07, 6.45) is 2.71. The van der Waals surface area contributed by atoms with Crippen LogP contribution in [0.2, 0.25) is 0 Å². The fourth-order valence-corrected chi connectivity index (χ4v) is 1.52. The zero-order valence-corrected chi connectivity index (χ0v) is 10.7. The van der Waals surface area contributed by atoms with E-state index in [-0.39, 0.29) is 11.5 Å². The van der Waals surface area contributed by atoms with Crippen molar-refractivity contribution in [1.82, 2.24) is 4.98 Å². The van der Waals surface area contributed by atoms with Crippen molar-refractivity contribution in [1.29, 1.82) is 0 Å². The highest BCUT2D eigenvalue weighted by atomic mass is 19.1. The summed E-state index contributed by atoms with van der Waals surface area (Å²) in [6, 6.07) is 9.77. The van der Waals surface area contributed by atoms with Crippen molar-refractivity contribution in [3.05, 3.63) is 70.2 Å². The lowest BCUT2D eigenvalue weighted by Gasteiger charge is -2.00. The molecular weight excluding hydrogens is 277 g/mol. The molecule has 1 amide bonds. The molecule has 0 aliphatic rings. The number of amides is 1. The number of non-ortho nitro benzene ring substituents is 1. The van der Waals surface area contributed by atoms with Gasteiger partial charge >= 0.3 is 0 Å². The first-order chi connectivity index (χ1) is 10.0. The van der Waals surface area contributed by atoms with E-state index in [1.54, 1.807) is 0 Å². The molecule has 21 heavy (non-hydrogen) atoms. The Labute approximate surface area is 119 Å². The van der Waals surface area contributed by atoms with E-state index in [4.69, 9.17) is 0 Å². The number of nitrogens with one attached hydrogen (secondary N) is 1. The second kappa shape index (κ2) is 6.38. The van der Waals surface area contributed by atoms with Crippen LogP contribution in [0.15, 0.2) is 48.5 Å². The lowest BCUT2D eigenvalue weighted by atomic mass is 10.2. The number of nitro benzene ring substituents is 1. The van der Waals surface area contributed by atoms with Crippen LogP contribution in [-0.2, 0) is 4.79 Å². The molecule has 0 bridgehead atoms. The quantitative estimate of drug-likeness (QED) is 0.405. The van der Waals surface area contributed by atoms with Crippen molar-refractivity contribution in [3.8, 4) is 0 Å². The molecule has 1 heterocycles. The Bertz CT molecular complexity index is 699. The van der Waals surface area contributed by atoms with E-state index in [0.717, 1.165) is 0 Å². The number of benzene rings is 1. The molecular formula is C14H10FN3O3. The summed E-state index contributed by atoms with van der Waals surface area (Å²) in [4.78, 5) is 25.1. The fraction of sp³-hybridized carbons (Fsp3) is 0. The summed E-state index contributed by atoms with van der Waals surface area (Å²) >= 11 is 0. The number of rotatable bonds is 4. The van der Waals surface area contributed by atoms with Crippen LogP contribution in [0, 0.1) is 16.1 Å². The van der Waals surface area contributed by atoms with E-state index in [0.29, 0.717) is 5.56 Å². The first kappa shape index (κ1) is 14.3. The third-order valence-electron chi connectivity index (χ3n) is 2.50. The summed E-state index contributed by atoms with van der Waals surface area (Å²) in [5.41, 5.74) is 0.600. The van der Waals surface area contributed by atoms with Gasteiger partial charge in [-0.25, -0.2) is 4.98 Å². The van der Waals surface area contributed by atoms with Gasteiger partial charge in [-0.05, 0) is 35.9 Å². The predicted octanol–water partition coefficient (Wildman–Crippen LogP) is 2.78. The summed E-state index contributed by atoms with van der Waals surface area (Å²) in [6.45, 7) is 0. The molecule has 0 fully saturated rings. The van der Waals surface area contributed by atoms with Gasteiger partial charge in [0.1, 0.15) is 5.82 Å². The number of hydrogen-bond acceptors (Lipinski definition) is 4. The molecule has 1 aromatic heterocycles. The third-order valence-corrected chi connectivity index (χ3v) is 2.50. The van der Waals surface area contributed by atoms with Gasteiger partial charge < -0.3 is 5.32 Å². The highest BCUT2D eigenvalue weighted by Gasteiger charge is 2.03. The first-order valence-electron chi connectivity index (χ1n) is 5.91. The predicted molar refractivity (Wildman–Crippen MR) is 75.0 cm³/mol. The Morgan fingerprint density at radius 1 is 1.24 bits per heavy atom. The normalized spacial score (nSPS) is 10.5. The molecule has 7 heteroatoms. The second-order valence-electron chi connectivity index (χ2n) is 4.02. The number of nitro groups is 1. The Kier molecular flexibility index (Phi) is 4.35. The smallest absolute Gasteiger partial charge is 0.269 e. The molecule has 0 aliphatic heterocycles. The summed E-state index contributed by atoms with van der Waals surface area (Å²) in [7, 11) is 0. The number of aromatic nitrogens is 1. The molecule has 1 aromatic carbocycles. The van der Waals surface area contributed by atoms with E-state index in [2.05, 4.69) is 10.3 Å². The van der Waals surface area contributed by atoms with Crippen LogP contribution in [0.4, 0.5) is 15.9 Å². The van der Waals surface area contributed by atoms with Crippen LogP contribution in [-0.4, -0.2) is 15.8 Å². The number of carbonyl (C=O) groups is 1. The summed E-state index contributed by atoms with van der Waals surface area (Å²) in [5.74, 6) is -1.06. The molecule has 0 radical (unpaired) electrons. The molecule has 2 aromatic rings. The minimum atomic E-state index is -0.688. The molecule has 0 spiro atoms. The van der Waals surface area contributed by atoms with E-state index in [1.807, 2.05) is 0 Å². The highest BCUT2D eigenvalue weighted by molar-refractivity contribution is 6.01. The van der Waals surface area contributed by atoms with Gasteiger partial charge in [0, 0.05) is 18.2 Å². The van der Waals surface area contributed by atoms with E-state index in [9.17, 15) is 19.3 Å². The van der Waals surface area contributed by atoms with Crippen LogP contribution < -0.4 is 5.32 Å². The zero-order chi connectivity index (χ0) is 15.2. The van der Waals surface area contributed by atoms with Gasteiger partial charge in [-0.2, -0.15) is 4.39 Å². The van der Waals surface area contributed by atoms with Crippen molar-refractivity contribution < 1.29 is 14.1 Å². The average molecular weight is 287 g/mol. The molecule has 0 unspecified atom stereocenters. The molecule has 106 valence electrons. The largest absolute Gasteiger partial charge is 0.307 e. The zero-order valence-electron chi connectivity index (χ0n) is 10.7. The van der Waals surface area contributed by atoms with Gasteiger partial charge in [0.25, 0.3) is 5.69 Å². The number of carbonyl (C=O) groups excluding carboxylic acids is 1. The molecule has 6 nitrogen and oxygen atoms in total. The van der Waals surface area contributed by atoms with Gasteiger partial charge in [0.2, 0.25) is 11.9 Å². The Balaban J connectivity index is 2.00. The van der Waals surface area contributed by atoms with Crippen LogP contribution >= 0.6 is 0 Å². The molecule has 0 aliphatic carbocycles. The van der Waals surface area contributed by atoms with Gasteiger partial charge in [-0.1, -0.05) is 6.07 Å². The van der Waals surface area contributed by atoms with Crippen LogP contribution in [0.1, 0.15) is 5.56 Å². The highest BCUT2D eigenvalue weighted by Crippen LogP contribution is 2.13. The van der Waals surface area contributed by atoms with Crippen LogP contribution in [0.25, 0.3) is 6.08 Å². The minimum absolute atomic E-state index is 0.0273. The molecule has 0 saturated heterocycles. The summed E-state index contributed by atoms with van der Waals surface area (Å²) < 4.78 is 12.8. The molecule has 0 saturated carbocycles. The standard InChI is InChI=1S/C14H10FN3O3/c15-12-2-1-3-13(16-12)17-14(19)9-6-10-4-7-11(8-5-10)18(20)21/h1-9H,(H,16,17,19)/b9-6+. The first-order valence-corrected chi connectivity index (χ1v) is 5.91. The Morgan fingerprint density at radius 3 is 2.57 bits per heavy atom. The maximum absolute atomic E-state index is 12.8. The Morgan fingerprint density at radius 2 is 1.95 bits per heavy atom. The lowest BCUT2D eigenvalue weighted by Crippen LogP contribution is -2.09. The van der Waals surface area contributed by atoms with E-state index in [1.165, 1.54) is 54.6 Å². The maximum Gasteiger partial charge on any atom is 0.269 e. The topological polar surface area (TPSA) is 85.1 Å². The average Bonchev–Trinajstić information content (AvgIpc) is 2.45. The molecule has 1 N–H and O–H groups in total. The number of anilines is 1. The van der Waals surface area contributed by atoms with E-state index >= 15 is 0 Å². The van der Waals surface area contributed by atoms with Gasteiger partial charge in [-0.3, -0.25) is 14.9 Å². The van der Waals surface area contributed by atoms with Gasteiger partial charge in [0.15, 0.2) is 0 Å².